The second-order valence-electron chi connectivity index (χ2n) is 7.41. The highest BCUT2D eigenvalue weighted by atomic mass is 16.5. The van der Waals surface area contributed by atoms with Crippen molar-refractivity contribution in [2.45, 2.75) is 32.7 Å². The van der Waals surface area contributed by atoms with Crippen LogP contribution in [0.5, 0.6) is 17.2 Å². The minimum atomic E-state index is 0.152. The first kappa shape index (κ1) is 22.7. The zero-order valence-electron chi connectivity index (χ0n) is 18.8. The number of rotatable bonds is 10. The third kappa shape index (κ3) is 6.28. The minimum absolute atomic E-state index is 0.152. The average Bonchev–Trinajstić information content (AvgIpc) is 3.31. The molecule has 1 aliphatic heterocycles. The van der Waals surface area contributed by atoms with Crippen LogP contribution in [0.4, 0.5) is 5.69 Å². The van der Waals surface area contributed by atoms with Gasteiger partial charge in [0.1, 0.15) is 17.2 Å². The smallest absolute Gasteiger partial charge is 0.193 e. The number of likely N-dealkylation sites (tertiary alicyclic amines) is 1. The number of guanidine groups is 1. The van der Waals surface area contributed by atoms with E-state index in [-0.39, 0.29) is 6.04 Å². The number of aliphatic imine (C=N–C) groups is 1. The number of nitrogens with zero attached hydrogens (tertiary/aromatic N) is 2. The molecule has 168 valence electrons. The summed E-state index contributed by atoms with van der Waals surface area (Å²) < 4.78 is 16.8. The molecule has 0 amide bonds. The van der Waals surface area contributed by atoms with Crippen LogP contribution in [0, 0.1) is 0 Å². The maximum absolute atomic E-state index is 6.28. The normalized spacial score (nSPS) is 15.5. The lowest BCUT2D eigenvalue weighted by molar-refractivity contribution is 0.251. The fourth-order valence-electron chi connectivity index (χ4n) is 3.84. The Kier molecular flexibility index (Phi) is 8.41. The van der Waals surface area contributed by atoms with Crippen molar-refractivity contribution in [2.24, 2.45) is 10.7 Å². The molecule has 3 rings (SSSR count). The number of nitrogens with two attached hydrogens (primary N) is 1. The van der Waals surface area contributed by atoms with Gasteiger partial charge in [-0.3, -0.25) is 9.89 Å². The molecule has 2 aromatic rings. The summed E-state index contributed by atoms with van der Waals surface area (Å²) in [5.74, 6) is 2.67. The van der Waals surface area contributed by atoms with Crippen LogP contribution in [0.2, 0.25) is 0 Å². The summed E-state index contributed by atoms with van der Waals surface area (Å²) in [7, 11) is 1.69. The van der Waals surface area contributed by atoms with Gasteiger partial charge in [-0.15, -0.1) is 0 Å². The van der Waals surface area contributed by atoms with Gasteiger partial charge in [-0.05, 0) is 69.6 Å². The van der Waals surface area contributed by atoms with Gasteiger partial charge in [0.05, 0.1) is 38.6 Å². The van der Waals surface area contributed by atoms with Crippen molar-refractivity contribution in [3.63, 3.8) is 0 Å². The fourth-order valence-corrected chi connectivity index (χ4v) is 3.84. The second kappa shape index (κ2) is 11.5. The SMILES string of the molecule is CCOc1ccc(OCC)c(NC(N)=NCC(c2cccc(OC)c2)N2CCCC2)c1. The van der Waals surface area contributed by atoms with Gasteiger partial charge in [0, 0.05) is 6.07 Å². The summed E-state index contributed by atoms with van der Waals surface area (Å²) in [6, 6.07) is 14.0. The van der Waals surface area contributed by atoms with Crippen LogP contribution < -0.4 is 25.3 Å². The number of benzene rings is 2. The van der Waals surface area contributed by atoms with Gasteiger partial charge in [0.25, 0.3) is 0 Å². The highest BCUT2D eigenvalue weighted by molar-refractivity contribution is 5.94. The maximum Gasteiger partial charge on any atom is 0.193 e. The van der Waals surface area contributed by atoms with Crippen LogP contribution >= 0.6 is 0 Å². The number of hydrogen-bond donors (Lipinski definition) is 2. The molecule has 1 atom stereocenters. The number of hydrogen-bond acceptors (Lipinski definition) is 5. The van der Waals surface area contributed by atoms with E-state index >= 15 is 0 Å². The molecule has 2 aromatic carbocycles. The molecule has 1 fully saturated rings. The number of ether oxygens (including phenoxy) is 3. The Labute approximate surface area is 185 Å². The molecule has 7 heteroatoms. The first-order valence-electron chi connectivity index (χ1n) is 11.0. The highest BCUT2D eigenvalue weighted by Gasteiger charge is 2.23. The van der Waals surface area contributed by atoms with Crippen molar-refractivity contribution in [3.8, 4) is 17.2 Å². The molecule has 0 spiro atoms. The van der Waals surface area contributed by atoms with Crippen molar-refractivity contribution in [2.75, 3.05) is 45.3 Å². The predicted molar refractivity (Wildman–Crippen MR) is 125 cm³/mol. The molecule has 7 nitrogen and oxygen atoms in total. The molecule has 31 heavy (non-hydrogen) atoms. The van der Waals surface area contributed by atoms with E-state index < -0.39 is 0 Å². The summed E-state index contributed by atoms with van der Waals surface area (Å²) in [6.07, 6.45) is 2.42. The van der Waals surface area contributed by atoms with Crippen LogP contribution in [-0.4, -0.2) is 50.8 Å². The predicted octanol–water partition coefficient (Wildman–Crippen LogP) is 4.06. The van der Waals surface area contributed by atoms with E-state index in [4.69, 9.17) is 19.9 Å². The Balaban J connectivity index is 1.78. The molecule has 1 unspecified atom stereocenters. The molecule has 1 heterocycles. The van der Waals surface area contributed by atoms with Crippen molar-refractivity contribution in [3.05, 3.63) is 48.0 Å². The molecule has 0 aromatic heterocycles. The van der Waals surface area contributed by atoms with Gasteiger partial charge in [0.15, 0.2) is 5.96 Å². The fraction of sp³-hybridized carbons (Fsp3) is 0.458. The monoisotopic (exact) mass is 426 g/mol. The quantitative estimate of drug-likeness (QED) is 0.441. The number of methoxy groups -OCH3 is 1. The molecule has 0 bridgehead atoms. The van der Waals surface area contributed by atoms with E-state index in [0.717, 1.165) is 30.3 Å². The Bertz CT molecular complexity index is 866. The number of nitrogens with one attached hydrogen (secondary N) is 1. The van der Waals surface area contributed by atoms with Crippen molar-refractivity contribution < 1.29 is 14.2 Å². The topological polar surface area (TPSA) is 81.3 Å². The third-order valence-corrected chi connectivity index (χ3v) is 5.32. The lowest BCUT2D eigenvalue weighted by atomic mass is 10.1. The van der Waals surface area contributed by atoms with Crippen LogP contribution in [0.1, 0.15) is 38.3 Å². The Morgan fingerprint density at radius 2 is 1.84 bits per heavy atom. The van der Waals surface area contributed by atoms with E-state index in [0.29, 0.717) is 31.5 Å². The molecule has 1 aliphatic rings. The summed E-state index contributed by atoms with van der Waals surface area (Å²) in [5, 5.41) is 3.19. The van der Waals surface area contributed by atoms with Crippen LogP contribution in [0.3, 0.4) is 0 Å². The van der Waals surface area contributed by atoms with Gasteiger partial charge in [-0.25, -0.2) is 0 Å². The van der Waals surface area contributed by atoms with Crippen molar-refractivity contribution in [1.82, 2.24) is 4.90 Å². The summed E-state index contributed by atoms with van der Waals surface area (Å²) >= 11 is 0. The first-order chi connectivity index (χ1) is 15.1. The molecular formula is C24H34N4O3. The van der Waals surface area contributed by atoms with Crippen LogP contribution in [-0.2, 0) is 0 Å². The standard InChI is InChI=1S/C24H34N4O3/c1-4-30-20-11-12-23(31-5-2)21(16-20)27-24(25)26-17-22(28-13-6-7-14-28)18-9-8-10-19(15-18)29-3/h8-12,15-16,22H,4-7,13-14,17H2,1-3H3,(H3,25,26,27). The Morgan fingerprint density at radius 3 is 2.55 bits per heavy atom. The number of anilines is 1. The van der Waals surface area contributed by atoms with Gasteiger partial charge in [-0.1, -0.05) is 12.1 Å². The summed E-state index contributed by atoms with van der Waals surface area (Å²) in [4.78, 5) is 7.14. The molecule has 3 N–H and O–H groups in total. The van der Waals surface area contributed by atoms with Crippen LogP contribution in [0.15, 0.2) is 47.5 Å². The molecular weight excluding hydrogens is 392 g/mol. The van der Waals surface area contributed by atoms with Gasteiger partial charge < -0.3 is 25.3 Å². The summed E-state index contributed by atoms with van der Waals surface area (Å²) in [5.41, 5.74) is 8.21. The lowest BCUT2D eigenvalue weighted by Gasteiger charge is -2.27. The molecule has 1 saturated heterocycles. The Hall–Kier alpha value is -2.93. The molecule has 0 aliphatic carbocycles. The average molecular weight is 427 g/mol. The largest absolute Gasteiger partial charge is 0.497 e. The van der Waals surface area contributed by atoms with Gasteiger partial charge in [-0.2, -0.15) is 0 Å². The Morgan fingerprint density at radius 1 is 1.06 bits per heavy atom. The molecule has 0 saturated carbocycles. The minimum Gasteiger partial charge on any atom is -0.497 e. The van der Waals surface area contributed by atoms with E-state index in [1.807, 2.05) is 44.2 Å². The van der Waals surface area contributed by atoms with Gasteiger partial charge in [0.2, 0.25) is 0 Å². The van der Waals surface area contributed by atoms with Crippen molar-refractivity contribution in [1.29, 1.82) is 0 Å². The van der Waals surface area contributed by atoms with Gasteiger partial charge >= 0.3 is 0 Å². The van der Waals surface area contributed by atoms with E-state index in [9.17, 15) is 0 Å². The highest BCUT2D eigenvalue weighted by Crippen LogP contribution is 2.30. The second-order valence-corrected chi connectivity index (χ2v) is 7.41. The van der Waals surface area contributed by atoms with E-state index in [1.165, 1.54) is 18.4 Å². The lowest BCUT2D eigenvalue weighted by Crippen LogP contribution is -2.30. The van der Waals surface area contributed by atoms with Crippen molar-refractivity contribution >= 4 is 11.6 Å². The summed E-state index contributed by atoms with van der Waals surface area (Å²) in [6.45, 7) is 7.75. The third-order valence-electron chi connectivity index (χ3n) is 5.32. The van der Waals surface area contributed by atoms with E-state index in [1.54, 1.807) is 7.11 Å². The molecule has 0 radical (unpaired) electrons. The van der Waals surface area contributed by atoms with Crippen LogP contribution in [0.25, 0.3) is 0 Å². The zero-order chi connectivity index (χ0) is 22.1. The zero-order valence-corrected chi connectivity index (χ0v) is 18.8. The van der Waals surface area contributed by atoms with E-state index in [2.05, 4.69) is 27.3 Å². The maximum atomic E-state index is 6.28. The first-order valence-corrected chi connectivity index (χ1v) is 11.0.